The molecule has 4 nitrogen and oxygen atoms in total. The second kappa shape index (κ2) is 14.2. The van der Waals surface area contributed by atoms with Crippen molar-refractivity contribution >= 4 is 97.6 Å². The summed E-state index contributed by atoms with van der Waals surface area (Å²) >= 11 is 0. The van der Waals surface area contributed by atoms with E-state index in [1.807, 2.05) is 0 Å². The van der Waals surface area contributed by atoms with E-state index in [9.17, 15) is 0 Å². The fourth-order valence-electron chi connectivity index (χ4n) is 11.5. The zero-order valence-corrected chi connectivity index (χ0v) is 36.7. The van der Waals surface area contributed by atoms with Gasteiger partial charge in [0.1, 0.15) is 0 Å². The molecule has 12 aromatic carbocycles. The molecule has 0 bridgehead atoms. The van der Waals surface area contributed by atoms with Crippen molar-refractivity contribution < 1.29 is 0 Å². The van der Waals surface area contributed by atoms with Crippen LogP contribution in [0.2, 0.25) is 0 Å². The quantitative estimate of drug-likeness (QED) is 0.128. The molecule has 0 radical (unpaired) electrons. The minimum Gasteiger partial charge on any atom is -0.309 e. The van der Waals surface area contributed by atoms with Crippen LogP contribution in [0.25, 0.3) is 143 Å². The number of benzene rings is 12. The maximum absolute atomic E-state index is 5.54. The second-order valence-corrected chi connectivity index (χ2v) is 18.0. The zero-order chi connectivity index (χ0) is 44.5. The summed E-state index contributed by atoms with van der Waals surface area (Å²) in [6.07, 6.45) is 0. The smallest absolute Gasteiger partial charge is 0.235 e. The molecule has 314 valence electrons. The van der Waals surface area contributed by atoms with E-state index in [-0.39, 0.29) is 0 Å². The van der Waals surface area contributed by atoms with Gasteiger partial charge < -0.3 is 4.57 Å². The number of para-hydroxylation sites is 3. The van der Waals surface area contributed by atoms with Crippen LogP contribution < -0.4 is 0 Å². The maximum Gasteiger partial charge on any atom is 0.235 e. The fourth-order valence-corrected chi connectivity index (χ4v) is 11.5. The molecule has 0 aliphatic rings. The molecule has 3 heterocycles. The lowest BCUT2D eigenvalue weighted by Crippen LogP contribution is -2.03. The maximum atomic E-state index is 5.54. The van der Waals surface area contributed by atoms with Gasteiger partial charge in [-0.15, -0.1) is 0 Å². The van der Waals surface area contributed by atoms with Gasteiger partial charge in [-0.1, -0.05) is 188 Å². The lowest BCUT2D eigenvalue weighted by molar-refractivity contribution is 1.01. The Labute approximate surface area is 390 Å². The summed E-state index contributed by atoms with van der Waals surface area (Å²) in [6, 6.07) is 83.7. The standard InChI is InChI=1S/C64H38N4/c1-3-15-39(16-4-1)41-29-31-43(32-30-41)63-47-19-7-10-26-54(47)65-64(66-63)68-56-28-12-9-21-49(56)62-51-25-14-23-46-45-22-13-24-50-59(45)52(53(60(46)51)38-58(62)68)37-57-61(50)48-20-8-11-27-55(48)67(57)44-35-33-42(34-36-44)40-17-5-2-6-18-40/h1-38H. The summed E-state index contributed by atoms with van der Waals surface area (Å²) in [5, 5.41) is 15.9. The van der Waals surface area contributed by atoms with Crippen LogP contribution in [-0.2, 0) is 0 Å². The van der Waals surface area contributed by atoms with Crippen molar-refractivity contribution in [2.24, 2.45) is 0 Å². The van der Waals surface area contributed by atoms with E-state index >= 15 is 0 Å². The molecule has 0 spiro atoms. The van der Waals surface area contributed by atoms with Gasteiger partial charge >= 0.3 is 0 Å². The SMILES string of the molecule is c1ccc(-c2ccc(-c3nc(-n4c5ccccc5c5c6cccc7c8cccc9c8c(cc8c9c9ccccc9n8-c8ccc(-c9ccccc9)cc8)c(cc54)c76)nc4ccccc34)cc2)cc1. The van der Waals surface area contributed by atoms with Crippen LogP contribution >= 0.6 is 0 Å². The number of rotatable bonds is 5. The highest BCUT2D eigenvalue weighted by Crippen LogP contribution is 2.49. The minimum absolute atomic E-state index is 0.649. The lowest BCUT2D eigenvalue weighted by Gasteiger charge is -2.17. The Kier molecular flexibility index (Phi) is 7.75. The highest BCUT2D eigenvalue weighted by atomic mass is 15.2. The Morgan fingerprint density at radius 2 is 0.676 bits per heavy atom. The molecule has 15 rings (SSSR count). The first-order valence-corrected chi connectivity index (χ1v) is 23.3. The molecular formula is C64H38N4. The van der Waals surface area contributed by atoms with Crippen molar-refractivity contribution in [3.63, 3.8) is 0 Å². The van der Waals surface area contributed by atoms with Crippen molar-refractivity contribution in [1.82, 2.24) is 19.1 Å². The molecule has 0 fully saturated rings. The highest BCUT2D eigenvalue weighted by molar-refractivity contribution is 6.41. The van der Waals surface area contributed by atoms with Crippen LogP contribution in [0.1, 0.15) is 0 Å². The number of aromatic nitrogens is 4. The summed E-state index contributed by atoms with van der Waals surface area (Å²) in [4.78, 5) is 10.9. The Balaban J connectivity index is 1.04. The van der Waals surface area contributed by atoms with Gasteiger partial charge in [0.15, 0.2) is 0 Å². The molecule has 0 unspecified atom stereocenters. The summed E-state index contributed by atoms with van der Waals surface area (Å²) < 4.78 is 4.77. The van der Waals surface area contributed by atoms with Gasteiger partial charge in [-0.25, -0.2) is 9.97 Å². The van der Waals surface area contributed by atoms with E-state index in [4.69, 9.17) is 9.97 Å². The van der Waals surface area contributed by atoms with Crippen molar-refractivity contribution in [1.29, 1.82) is 0 Å². The van der Waals surface area contributed by atoms with Gasteiger partial charge in [-0.05, 0) is 108 Å². The first-order valence-electron chi connectivity index (χ1n) is 23.3. The summed E-state index contributed by atoms with van der Waals surface area (Å²) in [5.41, 5.74) is 13.3. The molecule has 0 aliphatic heterocycles. The van der Waals surface area contributed by atoms with Crippen LogP contribution in [0.5, 0.6) is 0 Å². The number of fused-ring (bicyclic) bond motifs is 11. The molecule has 0 N–H and O–H groups in total. The van der Waals surface area contributed by atoms with Crippen LogP contribution in [0.3, 0.4) is 0 Å². The first kappa shape index (κ1) is 37.1. The molecule has 0 saturated carbocycles. The predicted molar refractivity (Wildman–Crippen MR) is 286 cm³/mol. The van der Waals surface area contributed by atoms with E-state index in [2.05, 4.69) is 240 Å². The van der Waals surface area contributed by atoms with E-state index in [1.165, 1.54) is 97.9 Å². The van der Waals surface area contributed by atoms with Gasteiger partial charge in [0.05, 0.1) is 33.3 Å². The molecule has 15 aromatic rings. The molecule has 0 atom stereocenters. The molecule has 0 aliphatic carbocycles. The van der Waals surface area contributed by atoms with Gasteiger partial charge in [0.2, 0.25) is 5.95 Å². The molecule has 0 saturated heterocycles. The minimum atomic E-state index is 0.649. The molecule has 3 aromatic heterocycles. The van der Waals surface area contributed by atoms with E-state index in [0.29, 0.717) is 5.95 Å². The molecule has 0 amide bonds. The average molecular weight is 863 g/mol. The van der Waals surface area contributed by atoms with E-state index in [1.54, 1.807) is 0 Å². The topological polar surface area (TPSA) is 35.6 Å². The summed E-state index contributed by atoms with van der Waals surface area (Å²) in [7, 11) is 0. The highest BCUT2D eigenvalue weighted by Gasteiger charge is 2.24. The van der Waals surface area contributed by atoms with Gasteiger partial charge in [-0.2, -0.15) is 0 Å². The molecular weight excluding hydrogens is 825 g/mol. The number of nitrogens with zero attached hydrogens (tertiary/aromatic N) is 4. The van der Waals surface area contributed by atoms with Crippen LogP contribution in [-0.4, -0.2) is 19.1 Å². The van der Waals surface area contributed by atoms with Gasteiger partial charge in [0.25, 0.3) is 0 Å². The van der Waals surface area contributed by atoms with Crippen LogP contribution in [0.15, 0.2) is 231 Å². The van der Waals surface area contributed by atoms with Crippen molar-refractivity contribution in [2.45, 2.75) is 0 Å². The van der Waals surface area contributed by atoms with Gasteiger partial charge in [-0.3, -0.25) is 4.57 Å². The Hall–Kier alpha value is -9.12. The third-order valence-electron chi connectivity index (χ3n) is 14.5. The van der Waals surface area contributed by atoms with Crippen LogP contribution in [0.4, 0.5) is 0 Å². The van der Waals surface area contributed by atoms with Crippen LogP contribution in [0, 0.1) is 0 Å². The summed E-state index contributed by atoms with van der Waals surface area (Å²) in [6.45, 7) is 0. The number of hydrogen-bond donors (Lipinski definition) is 0. The Morgan fingerprint density at radius 3 is 1.26 bits per heavy atom. The third kappa shape index (κ3) is 5.25. The Morgan fingerprint density at radius 1 is 0.250 bits per heavy atom. The zero-order valence-electron chi connectivity index (χ0n) is 36.7. The first-order chi connectivity index (χ1) is 33.7. The predicted octanol–water partition coefficient (Wildman–Crippen LogP) is 16.9. The second-order valence-electron chi connectivity index (χ2n) is 18.0. The lowest BCUT2D eigenvalue weighted by atomic mass is 9.87. The largest absolute Gasteiger partial charge is 0.309 e. The number of hydrogen-bond acceptors (Lipinski definition) is 2. The van der Waals surface area contributed by atoms with E-state index < -0.39 is 0 Å². The van der Waals surface area contributed by atoms with Crippen molar-refractivity contribution in [3.8, 4) is 45.1 Å². The summed E-state index contributed by atoms with van der Waals surface area (Å²) in [5.74, 6) is 0.649. The molecule has 4 heteroatoms. The average Bonchev–Trinajstić information content (AvgIpc) is 3.93. The van der Waals surface area contributed by atoms with Crippen molar-refractivity contribution in [3.05, 3.63) is 231 Å². The Bertz CT molecular complexity index is 4510. The fraction of sp³-hybridized carbons (Fsp3) is 0. The van der Waals surface area contributed by atoms with Crippen molar-refractivity contribution in [2.75, 3.05) is 0 Å². The normalized spacial score (nSPS) is 12.1. The van der Waals surface area contributed by atoms with E-state index in [0.717, 1.165) is 38.9 Å². The third-order valence-corrected chi connectivity index (χ3v) is 14.5. The monoisotopic (exact) mass is 862 g/mol. The molecule has 68 heavy (non-hydrogen) atoms. The van der Waals surface area contributed by atoms with Gasteiger partial charge in [0, 0.05) is 38.2 Å².